The molecule has 0 saturated carbocycles. The number of thiazole rings is 1. The number of carbonyl (C=O) groups is 1. The molecule has 1 fully saturated rings. The molecule has 0 spiro atoms. The summed E-state index contributed by atoms with van der Waals surface area (Å²) in [5.74, 6) is -11.9. The summed E-state index contributed by atoms with van der Waals surface area (Å²) in [5.41, 5.74) is 3.95. The van der Waals surface area contributed by atoms with Crippen LogP contribution >= 0.6 is 23.1 Å². The highest BCUT2D eigenvalue weighted by Crippen LogP contribution is 2.41. The zero-order valence-corrected chi connectivity index (χ0v) is 28.8. The summed E-state index contributed by atoms with van der Waals surface area (Å²) in [5, 5.41) is 11.8. The molecule has 266 valence electrons. The molecule has 6 aromatic rings. The lowest BCUT2D eigenvalue weighted by atomic mass is 9.99. The van der Waals surface area contributed by atoms with Gasteiger partial charge in [-0.05, 0) is 52.1 Å². The lowest BCUT2D eigenvalue weighted by Crippen LogP contribution is -2.31. The smallest absolute Gasteiger partial charge is 0.257 e. The fourth-order valence-electron chi connectivity index (χ4n) is 5.90. The molecule has 6 nitrogen and oxygen atoms in total. The van der Waals surface area contributed by atoms with Gasteiger partial charge in [0.25, 0.3) is 5.91 Å². The summed E-state index contributed by atoms with van der Waals surface area (Å²) in [7, 11) is 0. The van der Waals surface area contributed by atoms with Crippen LogP contribution in [0.4, 0.5) is 22.0 Å². The van der Waals surface area contributed by atoms with E-state index in [0.29, 0.717) is 17.7 Å². The zero-order valence-electron chi connectivity index (χ0n) is 27.1. The van der Waals surface area contributed by atoms with Crippen molar-refractivity contribution in [3.63, 3.8) is 0 Å². The zero-order chi connectivity index (χ0) is 36.4. The first-order chi connectivity index (χ1) is 25.2. The molecule has 1 aromatic heterocycles. The van der Waals surface area contributed by atoms with Crippen LogP contribution in [0.5, 0.6) is 0 Å². The number of hydrogen-bond acceptors (Lipinski definition) is 7. The van der Waals surface area contributed by atoms with Gasteiger partial charge in [0.1, 0.15) is 5.56 Å². The maximum atomic E-state index is 14.2. The number of benzene rings is 5. The van der Waals surface area contributed by atoms with Crippen molar-refractivity contribution in [3.8, 4) is 11.1 Å². The maximum Gasteiger partial charge on any atom is 0.257 e. The van der Waals surface area contributed by atoms with Crippen molar-refractivity contribution in [2.75, 3.05) is 5.75 Å². The van der Waals surface area contributed by atoms with Crippen LogP contribution in [0, 0.1) is 29.1 Å². The molecule has 13 heteroatoms. The summed E-state index contributed by atoms with van der Waals surface area (Å²) in [6, 6.07) is 30.1. The van der Waals surface area contributed by atoms with Gasteiger partial charge in [-0.15, -0.1) is 11.3 Å². The minimum absolute atomic E-state index is 0.0648. The van der Waals surface area contributed by atoms with E-state index < -0.39 is 46.8 Å². The van der Waals surface area contributed by atoms with Gasteiger partial charge in [-0.2, -0.15) is 0 Å². The largest absolute Gasteiger partial charge is 0.392 e. The molecule has 0 aliphatic carbocycles. The summed E-state index contributed by atoms with van der Waals surface area (Å²) in [4.78, 5) is 17.3. The Kier molecular flexibility index (Phi) is 10.7. The van der Waals surface area contributed by atoms with E-state index in [2.05, 4.69) is 5.32 Å². The van der Waals surface area contributed by atoms with Crippen molar-refractivity contribution in [1.82, 2.24) is 10.3 Å². The number of carbonyl (C=O) groups excluding carboxylic acids is 1. The molecule has 5 aromatic carbocycles. The number of nitrogens with one attached hydrogen (secondary N) is 1. The Morgan fingerprint density at radius 2 is 1.48 bits per heavy atom. The number of amides is 1. The van der Waals surface area contributed by atoms with Crippen LogP contribution < -0.4 is 5.32 Å². The molecule has 2 heterocycles. The summed E-state index contributed by atoms with van der Waals surface area (Å²) in [6.07, 6.45) is -0.598. The summed E-state index contributed by atoms with van der Waals surface area (Å²) < 4.78 is 84.3. The van der Waals surface area contributed by atoms with Crippen LogP contribution in [0.1, 0.15) is 51.4 Å². The number of aliphatic hydroxyl groups excluding tert-OH is 1. The molecule has 0 radical (unpaired) electrons. The normalized spacial score (nSPS) is 17.4. The van der Waals surface area contributed by atoms with E-state index in [1.807, 2.05) is 78.9 Å². The first-order valence-corrected chi connectivity index (χ1v) is 18.0. The molecular formula is C39H29F5N2O4S2. The van der Waals surface area contributed by atoms with E-state index in [1.54, 1.807) is 41.3 Å². The number of fused-ring (bicyclic) bond motifs is 1. The van der Waals surface area contributed by atoms with Gasteiger partial charge in [-0.25, -0.2) is 26.9 Å². The number of aromatic nitrogens is 1. The molecular weight excluding hydrogens is 720 g/mol. The second-order valence-electron chi connectivity index (χ2n) is 12.1. The number of thioether (sulfide) groups is 1. The Morgan fingerprint density at radius 1 is 0.788 bits per heavy atom. The standard InChI is InChI=1S/C39H29F5N2O4S2/c40-32-31(33(41)35(43)36(44)34(32)42)37(48)45-18-22-5-3-6-24(15-22)25-7-4-8-26(16-25)38-49-27(17-29(50-38)23-13-11-21(19-47)12-14-23)20-51-39-46-28-9-1-2-10-30(28)52-39/h1-16,27,29,38,47H,17-20H2,(H,45,48). The number of ether oxygens (including phenoxy) is 2. The molecule has 3 unspecified atom stereocenters. The molecule has 7 rings (SSSR count). The fourth-order valence-corrected chi connectivity index (χ4v) is 8.01. The van der Waals surface area contributed by atoms with E-state index >= 15 is 0 Å². The maximum absolute atomic E-state index is 14.2. The molecule has 1 saturated heterocycles. The van der Waals surface area contributed by atoms with E-state index in [0.717, 1.165) is 42.4 Å². The lowest BCUT2D eigenvalue weighted by molar-refractivity contribution is -0.245. The average molecular weight is 749 g/mol. The van der Waals surface area contributed by atoms with E-state index in [-0.39, 0.29) is 25.4 Å². The SMILES string of the molecule is O=C(NCc1cccc(-c2cccc(C3OC(CSc4nc5ccccc5s4)CC(c4ccc(CO)cc4)O3)c2)c1)c1c(F)c(F)c(F)c(F)c1F. The summed E-state index contributed by atoms with van der Waals surface area (Å²) in [6.45, 7) is -0.309. The Hall–Kier alpha value is -4.66. The second kappa shape index (κ2) is 15.5. The molecule has 1 amide bonds. The lowest BCUT2D eigenvalue weighted by Gasteiger charge is -2.36. The predicted octanol–water partition coefficient (Wildman–Crippen LogP) is 9.42. The Morgan fingerprint density at radius 3 is 2.21 bits per heavy atom. The summed E-state index contributed by atoms with van der Waals surface area (Å²) >= 11 is 3.26. The molecule has 1 aliphatic rings. The van der Waals surface area contributed by atoms with Crippen molar-refractivity contribution in [2.45, 2.75) is 42.4 Å². The van der Waals surface area contributed by atoms with Gasteiger partial charge in [0, 0.05) is 24.3 Å². The van der Waals surface area contributed by atoms with Gasteiger partial charge >= 0.3 is 0 Å². The van der Waals surface area contributed by atoms with Crippen LogP contribution in [-0.2, 0) is 22.6 Å². The van der Waals surface area contributed by atoms with Gasteiger partial charge in [0.05, 0.1) is 29.0 Å². The molecule has 0 bridgehead atoms. The number of nitrogens with zero attached hydrogens (tertiary/aromatic N) is 1. The van der Waals surface area contributed by atoms with Crippen molar-refractivity contribution in [1.29, 1.82) is 0 Å². The highest BCUT2D eigenvalue weighted by atomic mass is 32.2. The number of para-hydroxylation sites is 1. The van der Waals surface area contributed by atoms with Gasteiger partial charge in [0.2, 0.25) is 5.82 Å². The van der Waals surface area contributed by atoms with Crippen LogP contribution in [0.25, 0.3) is 21.3 Å². The first kappa shape index (κ1) is 35.7. The number of aliphatic hydroxyl groups is 1. The third-order valence-electron chi connectivity index (χ3n) is 8.59. The molecule has 2 N–H and O–H groups in total. The highest BCUT2D eigenvalue weighted by molar-refractivity contribution is 8.01. The van der Waals surface area contributed by atoms with Gasteiger partial charge in [-0.1, -0.05) is 84.6 Å². The van der Waals surface area contributed by atoms with E-state index in [4.69, 9.17) is 14.5 Å². The molecule has 1 aliphatic heterocycles. The van der Waals surface area contributed by atoms with Crippen molar-refractivity contribution >= 4 is 39.2 Å². The van der Waals surface area contributed by atoms with Crippen molar-refractivity contribution < 1.29 is 41.3 Å². The first-order valence-electron chi connectivity index (χ1n) is 16.2. The number of hydrogen-bond donors (Lipinski definition) is 2. The third-order valence-corrected chi connectivity index (χ3v) is 10.9. The highest BCUT2D eigenvalue weighted by Gasteiger charge is 2.33. The van der Waals surface area contributed by atoms with Crippen LogP contribution in [0.2, 0.25) is 0 Å². The second-order valence-corrected chi connectivity index (χ2v) is 14.4. The monoisotopic (exact) mass is 748 g/mol. The fraction of sp³-hybridized carbons (Fsp3) is 0.179. The van der Waals surface area contributed by atoms with Crippen molar-refractivity contribution in [3.05, 3.63) is 154 Å². The third kappa shape index (κ3) is 7.59. The van der Waals surface area contributed by atoms with E-state index in [9.17, 15) is 31.9 Å². The predicted molar refractivity (Wildman–Crippen MR) is 188 cm³/mol. The van der Waals surface area contributed by atoms with Crippen molar-refractivity contribution in [2.24, 2.45) is 0 Å². The minimum atomic E-state index is -2.34. The van der Waals surface area contributed by atoms with Gasteiger partial charge < -0.3 is 19.9 Å². The number of halogens is 5. The average Bonchev–Trinajstić information content (AvgIpc) is 3.61. The topological polar surface area (TPSA) is 80.7 Å². The molecule has 3 atom stereocenters. The minimum Gasteiger partial charge on any atom is -0.392 e. The van der Waals surface area contributed by atoms with Crippen LogP contribution in [0.3, 0.4) is 0 Å². The van der Waals surface area contributed by atoms with Crippen LogP contribution in [0.15, 0.2) is 101 Å². The number of rotatable bonds is 10. The van der Waals surface area contributed by atoms with Crippen LogP contribution in [-0.4, -0.2) is 27.9 Å². The quantitative estimate of drug-likeness (QED) is 0.0629. The van der Waals surface area contributed by atoms with Gasteiger partial charge in [-0.3, -0.25) is 4.79 Å². The van der Waals surface area contributed by atoms with E-state index in [1.165, 1.54) is 0 Å². The van der Waals surface area contributed by atoms with Gasteiger partial charge in [0.15, 0.2) is 33.9 Å². The Balaban J connectivity index is 1.09. The Labute approximate surface area is 303 Å². The Bertz CT molecular complexity index is 2190. The molecule has 52 heavy (non-hydrogen) atoms.